The number of benzene rings is 2. The molecule has 1 aliphatic carbocycles. The molecule has 9 heteroatoms. The maximum Gasteiger partial charge on any atom is 0.243 e. The summed E-state index contributed by atoms with van der Waals surface area (Å²) in [5.74, 6) is 1.25. The first-order valence-corrected chi connectivity index (χ1v) is 14.2. The summed E-state index contributed by atoms with van der Waals surface area (Å²) in [6.45, 7) is 9.20. The van der Waals surface area contributed by atoms with E-state index in [9.17, 15) is 8.42 Å². The highest BCUT2D eigenvalue weighted by Crippen LogP contribution is 2.34. The Kier molecular flexibility index (Phi) is 7.77. The maximum absolute atomic E-state index is 13.6. The Bertz CT molecular complexity index is 1250. The minimum Gasteiger partial charge on any atom is -0.355 e. The van der Waals surface area contributed by atoms with Gasteiger partial charge in [-0.2, -0.15) is 9.40 Å². The van der Waals surface area contributed by atoms with Crippen LogP contribution in [0.3, 0.4) is 0 Å². The topological polar surface area (TPSA) is 58.4 Å². The lowest BCUT2D eigenvalue weighted by atomic mass is 10.2. The van der Waals surface area contributed by atoms with Gasteiger partial charge in [0, 0.05) is 47.2 Å². The van der Waals surface area contributed by atoms with Crippen molar-refractivity contribution >= 4 is 49.9 Å². The van der Waals surface area contributed by atoms with E-state index in [1.54, 1.807) is 16.4 Å². The van der Waals surface area contributed by atoms with Gasteiger partial charge in [-0.15, -0.1) is 0 Å². The zero-order chi connectivity index (χ0) is 24.5. The third-order valence-corrected chi connectivity index (χ3v) is 8.97. The van der Waals surface area contributed by atoms with Crippen molar-refractivity contribution in [3.8, 4) is 0 Å². The number of aromatic nitrogens is 2. The van der Waals surface area contributed by atoms with Gasteiger partial charge in [0.1, 0.15) is 0 Å². The predicted molar refractivity (Wildman–Crippen MR) is 141 cm³/mol. The van der Waals surface area contributed by atoms with Gasteiger partial charge in [-0.3, -0.25) is 4.68 Å². The van der Waals surface area contributed by atoms with Crippen molar-refractivity contribution in [2.24, 2.45) is 5.92 Å². The highest BCUT2D eigenvalue weighted by atomic mass is 35.5. The molecule has 1 fully saturated rings. The molecule has 3 aromatic rings. The molecule has 0 amide bonds. The van der Waals surface area contributed by atoms with E-state index in [2.05, 4.69) is 18.7 Å². The van der Waals surface area contributed by atoms with Crippen LogP contribution in [0.4, 0.5) is 5.82 Å². The first-order chi connectivity index (χ1) is 16.3. The molecule has 1 aliphatic rings. The Hall–Kier alpha value is -1.80. The van der Waals surface area contributed by atoms with Crippen LogP contribution < -0.4 is 4.90 Å². The summed E-state index contributed by atoms with van der Waals surface area (Å²) in [4.78, 5) is 2.45. The van der Waals surface area contributed by atoms with Gasteiger partial charge in [-0.1, -0.05) is 36.2 Å². The van der Waals surface area contributed by atoms with E-state index >= 15 is 0 Å². The quantitative estimate of drug-likeness (QED) is 0.307. The first-order valence-electron chi connectivity index (χ1n) is 12.0. The van der Waals surface area contributed by atoms with Gasteiger partial charge < -0.3 is 4.90 Å². The van der Waals surface area contributed by atoms with Crippen molar-refractivity contribution in [1.29, 1.82) is 0 Å². The molecule has 1 heterocycles. The zero-order valence-electron chi connectivity index (χ0n) is 20.0. The maximum atomic E-state index is 13.6. The molecule has 2 aromatic carbocycles. The molecule has 0 atom stereocenters. The molecule has 6 nitrogen and oxygen atoms in total. The van der Waals surface area contributed by atoms with Crippen molar-refractivity contribution in [3.05, 3.63) is 52.0 Å². The number of fused-ring (bicyclic) bond motifs is 1. The van der Waals surface area contributed by atoms with Crippen LogP contribution in [0.5, 0.6) is 0 Å². The monoisotopic (exact) mass is 522 g/mol. The van der Waals surface area contributed by atoms with Crippen LogP contribution >= 0.6 is 23.2 Å². The highest BCUT2D eigenvalue weighted by molar-refractivity contribution is 7.89. The van der Waals surface area contributed by atoms with E-state index < -0.39 is 10.0 Å². The lowest BCUT2D eigenvalue weighted by molar-refractivity contribution is 0.396. The molecule has 0 N–H and O–H groups in total. The molecule has 0 spiro atoms. The molecule has 0 bridgehead atoms. The van der Waals surface area contributed by atoms with E-state index in [1.807, 2.05) is 35.9 Å². The van der Waals surface area contributed by atoms with Gasteiger partial charge in [-0.05, 0) is 69.4 Å². The smallest absolute Gasteiger partial charge is 0.243 e. The fraction of sp³-hybridized carbons (Fsp3) is 0.480. The first kappa shape index (κ1) is 25.3. The normalized spacial score (nSPS) is 14.3. The molecule has 184 valence electrons. The van der Waals surface area contributed by atoms with Crippen molar-refractivity contribution in [2.45, 2.75) is 51.5 Å². The number of hydrogen-bond acceptors (Lipinski definition) is 4. The largest absolute Gasteiger partial charge is 0.355 e. The number of nitrogens with zero attached hydrogens (tertiary/aromatic N) is 4. The van der Waals surface area contributed by atoms with Crippen LogP contribution in [0.25, 0.3) is 10.9 Å². The zero-order valence-corrected chi connectivity index (χ0v) is 22.3. The average molecular weight is 524 g/mol. The minimum absolute atomic E-state index is 0.317. The molecule has 1 saturated carbocycles. The number of sulfonamides is 1. The second-order valence-electron chi connectivity index (χ2n) is 8.84. The van der Waals surface area contributed by atoms with Crippen LogP contribution in [0.2, 0.25) is 10.0 Å². The lowest BCUT2D eigenvalue weighted by Gasteiger charge is -2.22. The molecule has 1 aromatic heterocycles. The Morgan fingerprint density at radius 1 is 1.06 bits per heavy atom. The van der Waals surface area contributed by atoms with Gasteiger partial charge in [0.05, 0.1) is 17.0 Å². The molecular formula is C25H32Cl2N4O2S. The third-order valence-electron chi connectivity index (χ3n) is 6.40. The SMILES string of the molecule is CCCN(CC1CC1)S(=O)(=O)c1ccc2c(c1)c(N(CC)CC)nn2Cc1c(Cl)cccc1Cl. The van der Waals surface area contributed by atoms with Crippen LogP contribution in [-0.2, 0) is 16.6 Å². The number of halogens is 2. The standard InChI is InChI=1S/C25H32Cl2N4O2S/c1-4-14-30(16-18-10-11-18)34(32,33)19-12-13-24-20(15-19)25(29(5-2)6-3)28-31(24)17-21-22(26)8-7-9-23(21)27/h7-9,12-13,15,18H,4-6,10-11,14,16-17H2,1-3H3. The van der Waals surface area contributed by atoms with E-state index in [1.165, 1.54) is 0 Å². The van der Waals surface area contributed by atoms with E-state index in [4.69, 9.17) is 28.3 Å². The van der Waals surface area contributed by atoms with E-state index in [0.717, 1.165) is 54.6 Å². The summed E-state index contributed by atoms with van der Waals surface area (Å²) in [6.07, 6.45) is 3.01. The molecular weight excluding hydrogens is 491 g/mol. The molecule has 0 aliphatic heterocycles. The molecule has 0 unspecified atom stereocenters. The fourth-order valence-corrected chi connectivity index (χ4v) is 6.46. The van der Waals surface area contributed by atoms with Crippen molar-refractivity contribution in [3.63, 3.8) is 0 Å². The van der Waals surface area contributed by atoms with Crippen molar-refractivity contribution in [2.75, 3.05) is 31.1 Å². The van der Waals surface area contributed by atoms with Crippen LogP contribution in [0.15, 0.2) is 41.3 Å². The second-order valence-corrected chi connectivity index (χ2v) is 11.6. The van der Waals surface area contributed by atoms with Gasteiger partial charge in [0.15, 0.2) is 5.82 Å². The fourth-order valence-electron chi connectivity index (χ4n) is 4.31. The van der Waals surface area contributed by atoms with Crippen LogP contribution in [0.1, 0.15) is 45.6 Å². The van der Waals surface area contributed by atoms with E-state index in [-0.39, 0.29) is 0 Å². The summed E-state index contributed by atoms with van der Waals surface area (Å²) in [5, 5.41) is 6.86. The van der Waals surface area contributed by atoms with Gasteiger partial charge in [0.25, 0.3) is 0 Å². The van der Waals surface area contributed by atoms with Gasteiger partial charge in [-0.25, -0.2) is 8.42 Å². The van der Waals surface area contributed by atoms with Crippen molar-refractivity contribution < 1.29 is 8.42 Å². The van der Waals surface area contributed by atoms with Crippen molar-refractivity contribution in [1.82, 2.24) is 14.1 Å². The van der Waals surface area contributed by atoms with Gasteiger partial charge in [0.2, 0.25) is 10.0 Å². The summed E-state index contributed by atoms with van der Waals surface area (Å²) in [5.41, 5.74) is 1.64. The summed E-state index contributed by atoms with van der Waals surface area (Å²) in [7, 11) is -3.59. The lowest BCUT2D eigenvalue weighted by Crippen LogP contribution is -2.33. The Labute approximate surface area is 212 Å². The van der Waals surface area contributed by atoms with Gasteiger partial charge >= 0.3 is 0 Å². The number of anilines is 1. The summed E-state index contributed by atoms with van der Waals surface area (Å²) in [6, 6.07) is 10.8. The Morgan fingerprint density at radius 3 is 2.32 bits per heavy atom. The average Bonchev–Trinajstić information content (AvgIpc) is 3.57. The molecule has 4 rings (SSSR count). The third kappa shape index (κ3) is 5.08. The highest BCUT2D eigenvalue weighted by Gasteiger charge is 2.32. The van der Waals surface area contributed by atoms with Crippen LogP contribution in [0, 0.1) is 5.92 Å². The Morgan fingerprint density at radius 2 is 1.74 bits per heavy atom. The number of hydrogen-bond donors (Lipinski definition) is 0. The summed E-state index contributed by atoms with van der Waals surface area (Å²) < 4.78 is 30.7. The predicted octanol–water partition coefficient (Wildman–Crippen LogP) is 6.05. The summed E-state index contributed by atoms with van der Waals surface area (Å²) >= 11 is 12.9. The Balaban J connectivity index is 1.81. The van der Waals surface area contributed by atoms with Crippen LogP contribution in [-0.4, -0.2) is 48.7 Å². The molecule has 34 heavy (non-hydrogen) atoms. The molecule has 0 saturated heterocycles. The molecule has 0 radical (unpaired) electrons. The number of rotatable bonds is 11. The minimum atomic E-state index is -3.59. The van der Waals surface area contributed by atoms with E-state index in [0.29, 0.717) is 40.5 Å². The second kappa shape index (κ2) is 10.4.